The SMILES string of the molecule is CCCCCCCN(CC)CC(C)(C)O. The van der Waals surface area contributed by atoms with E-state index in [1.165, 1.54) is 32.1 Å². The number of unbranched alkanes of at least 4 members (excludes halogenated alkanes) is 4. The zero-order valence-electron chi connectivity index (χ0n) is 11.1. The van der Waals surface area contributed by atoms with E-state index in [2.05, 4.69) is 18.7 Å². The van der Waals surface area contributed by atoms with Gasteiger partial charge in [0.15, 0.2) is 0 Å². The number of rotatable bonds is 9. The first-order valence-electron chi connectivity index (χ1n) is 6.44. The fraction of sp³-hybridized carbons (Fsp3) is 1.00. The summed E-state index contributed by atoms with van der Waals surface area (Å²) in [5, 5.41) is 9.72. The van der Waals surface area contributed by atoms with Gasteiger partial charge in [-0.15, -0.1) is 0 Å². The van der Waals surface area contributed by atoms with Crippen molar-refractivity contribution in [2.75, 3.05) is 19.6 Å². The lowest BCUT2D eigenvalue weighted by molar-refractivity contribution is 0.0373. The van der Waals surface area contributed by atoms with E-state index in [9.17, 15) is 5.11 Å². The number of nitrogens with zero attached hydrogens (tertiary/aromatic N) is 1. The van der Waals surface area contributed by atoms with Crippen molar-refractivity contribution in [3.63, 3.8) is 0 Å². The molecule has 0 fully saturated rings. The van der Waals surface area contributed by atoms with Crippen molar-refractivity contribution in [3.05, 3.63) is 0 Å². The number of aliphatic hydroxyl groups is 1. The van der Waals surface area contributed by atoms with Crippen LogP contribution in [0.1, 0.15) is 59.8 Å². The minimum absolute atomic E-state index is 0.556. The van der Waals surface area contributed by atoms with Crippen molar-refractivity contribution in [3.8, 4) is 0 Å². The van der Waals surface area contributed by atoms with E-state index in [4.69, 9.17) is 0 Å². The maximum Gasteiger partial charge on any atom is 0.0718 e. The molecule has 0 spiro atoms. The summed E-state index contributed by atoms with van der Waals surface area (Å²) in [5.74, 6) is 0. The van der Waals surface area contributed by atoms with Gasteiger partial charge in [0.05, 0.1) is 5.60 Å². The monoisotopic (exact) mass is 215 g/mol. The highest BCUT2D eigenvalue weighted by molar-refractivity contribution is 4.71. The molecule has 0 radical (unpaired) electrons. The Hall–Kier alpha value is -0.0800. The Morgan fingerprint density at radius 2 is 1.60 bits per heavy atom. The van der Waals surface area contributed by atoms with Gasteiger partial charge < -0.3 is 10.0 Å². The standard InChI is InChI=1S/C13H29NO/c1-5-7-8-9-10-11-14(6-2)12-13(3,4)15/h15H,5-12H2,1-4H3. The number of hydrogen-bond acceptors (Lipinski definition) is 2. The van der Waals surface area contributed by atoms with Crippen molar-refractivity contribution in [1.82, 2.24) is 4.90 Å². The van der Waals surface area contributed by atoms with Gasteiger partial charge in [-0.3, -0.25) is 0 Å². The van der Waals surface area contributed by atoms with Crippen LogP contribution in [-0.4, -0.2) is 35.2 Å². The molecule has 0 unspecified atom stereocenters. The van der Waals surface area contributed by atoms with Crippen LogP contribution < -0.4 is 0 Å². The van der Waals surface area contributed by atoms with E-state index in [1.807, 2.05) is 13.8 Å². The second kappa shape index (κ2) is 8.12. The summed E-state index contributed by atoms with van der Waals surface area (Å²) in [6.07, 6.45) is 6.62. The zero-order chi connectivity index (χ0) is 11.7. The molecular formula is C13H29NO. The molecule has 1 N–H and O–H groups in total. The van der Waals surface area contributed by atoms with Gasteiger partial charge in [-0.25, -0.2) is 0 Å². The van der Waals surface area contributed by atoms with Gasteiger partial charge in [0.1, 0.15) is 0 Å². The second-order valence-corrected chi connectivity index (χ2v) is 5.10. The molecule has 0 aromatic carbocycles. The van der Waals surface area contributed by atoms with Crippen molar-refractivity contribution < 1.29 is 5.11 Å². The maximum atomic E-state index is 9.72. The Morgan fingerprint density at radius 3 is 2.07 bits per heavy atom. The molecule has 0 aliphatic heterocycles. The molecule has 0 rings (SSSR count). The maximum absolute atomic E-state index is 9.72. The van der Waals surface area contributed by atoms with Crippen LogP contribution in [0.2, 0.25) is 0 Å². The molecule has 0 aromatic heterocycles. The molecule has 0 bridgehead atoms. The summed E-state index contributed by atoms with van der Waals surface area (Å²) in [7, 11) is 0. The van der Waals surface area contributed by atoms with Gasteiger partial charge in [0.25, 0.3) is 0 Å². The lowest BCUT2D eigenvalue weighted by Crippen LogP contribution is -2.39. The van der Waals surface area contributed by atoms with Crippen molar-refractivity contribution >= 4 is 0 Å². The minimum atomic E-state index is -0.556. The number of hydrogen-bond donors (Lipinski definition) is 1. The molecule has 0 amide bonds. The first kappa shape index (κ1) is 14.9. The minimum Gasteiger partial charge on any atom is -0.389 e. The fourth-order valence-electron chi connectivity index (χ4n) is 1.84. The highest BCUT2D eigenvalue weighted by Gasteiger charge is 2.16. The van der Waals surface area contributed by atoms with Crippen molar-refractivity contribution in [2.45, 2.75) is 65.4 Å². The van der Waals surface area contributed by atoms with Crippen molar-refractivity contribution in [1.29, 1.82) is 0 Å². The summed E-state index contributed by atoms with van der Waals surface area (Å²) in [4.78, 5) is 2.34. The Labute approximate surface area is 95.7 Å². The van der Waals surface area contributed by atoms with Gasteiger partial charge in [-0.05, 0) is 33.4 Å². The van der Waals surface area contributed by atoms with Gasteiger partial charge >= 0.3 is 0 Å². The Morgan fingerprint density at radius 1 is 1.00 bits per heavy atom. The Balaban J connectivity index is 3.53. The first-order chi connectivity index (χ1) is 6.99. The third-order valence-electron chi connectivity index (χ3n) is 2.64. The van der Waals surface area contributed by atoms with E-state index in [0.29, 0.717) is 0 Å². The van der Waals surface area contributed by atoms with Crippen LogP contribution >= 0.6 is 0 Å². The molecule has 92 valence electrons. The van der Waals surface area contributed by atoms with E-state index in [1.54, 1.807) is 0 Å². The van der Waals surface area contributed by atoms with Gasteiger partial charge in [-0.1, -0.05) is 39.5 Å². The molecule has 2 nitrogen and oxygen atoms in total. The van der Waals surface area contributed by atoms with Crippen molar-refractivity contribution in [2.24, 2.45) is 0 Å². The van der Waals surface area contributed by atoms with E-state index in [0.717, 1.165) is 19.6 Å². The predicted molar refractivity (Wildman–Crippen MR) is 67.2 cm³/mol. The van der Waals surface area contributed by atoms with Crippen LogP contribution in [-0.2, 0) is 0 Å². The molecule has 0 saturated heterocycles. The molecule has 0 aliphatic carbocycles. The molecular weight excluding hydrogens is 186 g/mol. The zero-order valence-corrected chi connectivity index (χ0v) is 11.1. The predicted octanol–water partition coefficient (Wildman–Crippen LogP) is 3.05. The van der Waals surface area contributed by atoms with Crippen LogP contribution in [0.5, 0.6) is 0 Å². The third-order valence-corrected chi connectivity index (χ3v) is 2.64. The highest BCUT2D eigenvalue weighted by Crippen LogP contribution is 2.08. The van der Waals surface area contributed by atoms with Crippen LogP contribution in [0.3, 0.4) is 0 Å². The number of likely N-dealkylation sites (N-methyl/N-ethyl adjacent to an activating group) is 1. The Bertz CT molecular complexity index is 140. The third kappa shape index (κ3) is 10.2. The van der Waals surface area contributed by atoms with Crippen LogP contribution in [0.25, 0.3) is 0 Å². The van der Waals surface area contributed by atoms with Crippen LogP contribution in [0.15, 0.2) is 0 Å². The lowest BCUT2D eigenvalue weighted by Gasteiger charge is -2.27. The molecule has 0 atom stereocenters. The highest BCUT2D eigenvalue weighted by atomic mass is 16.3. The summed E-state index contributed by atoms with van der Waals surface area (Å²) in [5.41, 5.74) is -0.556. The molecule has 0 aromatic rings. The Kier molecular flexibility index (Phi) is 8.07. The molecule has 15 heavy (non-hydrogen) atoms. The van der Waals surface area contributed by atoms with E-state index < -0.39 is 5.60 Å². The molecule has 0 aliphatic rings. The van der Waals surface area contributed by atoms with E-state index in [-0.39, 0.29) is 0 Å². The second-order valence-electron chi connectivity index (χ2n) is 5.10. The molecule has 0 saturated carbocycles. The average molecular weight is 215 g/mol. The average Bonchev–Trinajstić information content (AvgIpc) is 2.14. The molecule has 0 heterocycles. The van der Waals surface area contributed by atoms with E-state index >= 15 is 0 Å². The lowest BCUT2D eigenvalue weighted by atomic mass is 10.1. The summed E-state index contributed by atoms with van der Waals surface area (Å²) < 4.78 is 0. The topological polar surface area (TPSA) is 23.5 Å². The smallest absolute Gasteiger partial charge is 0.0718 e. The van der Waals surface area contributed by atoms with Crippen LogP contribution in [0.4, 0.5) is 0 Å². The fourth-order valence-corrected chi connectivity index (χ4v) is 1.84. The summed E-state index contributed by atoms with van der Waals surface area (Å²) >= 11 is 0. The van der Waals surface area contributed by atoms with Gasteiger partial charge in [0, 0.05) is 6.54 Å². The van der Waals surface area contributed by atoms with Gasteiger partial charge in [0.2, 0.25) is 0 Å². The van der Waals surface area contributed by atoms with Gasteiger partial charge in [-0.2, -0.15) is 0 Å². The summed E-state index contributed by atoms with van der Waals surface area (Å²) in [6.45, 7) is 11.1. The molecule has 2 heteroatoms. The largest absolute Gasteiger partial charge is 0.389 e. The summed E-state index contributed by atoms with van der Waals surface area (Å²) in [6, 6.07) is 0. The quantitative estimate of drug-likeness (QED) is 0.598. The normalized spacial score (nSPS) is 12.4. The first-order valence-corrected chi connectivity index (χ1v) is 6.44. The van der Waals surface area contributed by atoms with Crippen LogP contribution in [0, 0.1) is 0 Å².